The van der Waals surface area contributed by atoms with Gasteiger partial charge in [0.15, 0.2) is 0 Å². The number of hydrogen-bond donors (Lipinski definition) is 0. The second-order valence-corrected chi connectivity index (χ2v) is 11.3. The van der Waals surface area contributed by atoms with E-state index >= 15 is 0 Å². The molecule has 4 heteroatoms. The van der Waals surface area contributed by atoms with Crippen molar-refractivity contribution in [1.29, 1.82) is 0 Å². The highest BCUT2D eigenvalue weighted by Crippen LogP contribution is 2.08. The Labute approximate surface area is 220 Å². The zero-order valence-electron chi connectivity index (χ0n) is 25.0. The molecule has 35 heavy (non-hydrogen) atoms. The van der Waals surface area contributed by atoms with Gasteiger partial charge >= 0.3 is 0 Å². The van der Waals surface area contributed by atoms with E-state index in [-0.39, 0.29) is 13.2 Å². The normalized spacial score (nSPS) is 9.83. The van der Waals surface area contributed by atoms with Crippen LogP contribution in [0, 0.1) is 23.7 Å². The van der Waals surface area contributed by atoms with Crippen molar-refractivity contribution in [3.8, 4) is 0 Å². The fraction of sp³-hybridized carbons (Fsp3) is 0.871. The van der Waals surface area contributed by atoms with E-state index in [0.717, 1.165) is 56.8 Å². The minimum Gasteiger partial charge on any atom is -0.300 e. The van der Waals surface area contributed by atoms with E-state index in [1.165, 1.54) is 19.3 Å². The lowest BCUT2D eigenvalue weighted by Crippen LogP contribution is -1.95. The average Bonchev–Trinajstić information content (AvgIpc) is 2.63. The Kier molecular flexibility index (Phi) is 38.4. The number of Topliss-reactive ketones (excluding diaryl/α,β-unsaturated/α-hetero) is 4. The standard InChI is InChI=1S/C9H18O.C8H16O.C7H14O.C6H12O.CH4/c1-8(2)6-4-5-7-9(3)10;1-7(2)5-4-6-8(3)9;1-6(2)4-5-7(3)8;1-5(2)4-6(3)7;/h8H,4-7H2,1-3H3;7H,4-6H2,1-3H3;6H,4-5H2,1-3H3;5H,4H2,1-3H3;1H4. The molecule has 0 aliphatic rings. The van der Waals surface area contributed by atoms with Crippen molar-refractivity contribution in [1.82, 2.24) is 0 Å². The summed E-state index contributed by atoms with van der Waals surface area (Å²) >= 11 is 0. The van der Waals surface area contributed by atoms with Crippen LogP contribution in [-0.2, 0) is 19.2 Å². The molecule has 212 valence electrons. The molecular weight excluding hydrogens is 436 g/mol. The first kappa shape index (κ1) is 43.7. The third-order valence-electron chi connectivity index (χ3n) is 4.64. The second-order valence-electron chi connectivity index (χ2n) is 11.3. The van der Waals surface area contributed by atoms with E-state index in [9.17, 15) is 19.2 Å². The Hall–Kier alpha value is -1.32. The zero-order valence-corrected chi connectivity index (χ0v) is 25.0. The molecule has 0 saturated carbocycles. The van der Waals surface area contributed by atoms with Gasteiger partial charge in [-0.3, -0.25) is 0 Å². The van der Waals surface area contributed by atoms with E-state index < -0.39 is 0 Å². The van der Waals surface area contributed by atoms with Crippen molar-refractivity contribution in [2.24, 2.45) is 23.7 Å². The van der Waals surface area contributed by atoms with Gasteiger partial charge < -0.3 is 19.2 Å². The molecule has 4 nitrogen and oxygen atoms in total. The average molecular weight is 501 g/mol. The maximum absolute atomic E-state index is 10.5. The van der Waals surface area contributed by atoms with E-state index in [1.54, 1.807) is 27.7 Å². The summed E-state index contributed by atoms with van der Waals surface area (Å²) in [6, 6.07) is 0. The number of ketones is 4. The van der Waals surface area contributed by atoms with E-state index in [2.05, 4.69) is 41.5 Å². The van der Waals surface area contributed by atoms with Gasteiger partial charge in [0.1, 0.15) is 23.1 Å². The SMILES string of the molecule is C.CC(=O)CC(C)C.CC(=O)CCC(C)C.CC(=O)CCCC(C)C.CC(=O)CCCCC(C)C. The van der Waals surface area contributed by atoms with Gasteiger partial charge in [-0.15, -0.1) is 0 Å². The number of carbonyl (C=O) groups excluding carboxylic acids is 4. The van der Waals surface area contributed by atoms with Crippen LogP contribution in [0.1, 0.15) is 155 Å². The lowest BCUT2D eigenvalue weighted by molar-refractivity contribution is -0.118. The number of carbonyl (C=O) groups is 4. The predicted octanol–water partition coefficient (Wildman–Crippen LogP) is 9.46. The molecule has 0 unspecified atom stereocenters. The summed E-state index contributed by atoms with van der Waals surface area (Å²) in [6.45, 7) is 23.7. The minimum atomic E-state index is 0. The quantitative estimate of drug-likeness (QED) is 0.223. The Morgan fingerprint density at radius 1 is 0.429 bits per heavy atom. The largest absolute Gasteiger partial charge is 0.300 e. The number of rotatable bonds is 14. The van der Waals surface area contributed by atoms with Crippen molar-refractivity contribution in [2.75, 3.05) is 0 Å². The molecule has 0 atom stereocenters. The van der Waals surface area contributed by atoms with Crippen LogP contribution in [0.5, 0.6) is 0 Å². The Morgan fingerprint density at radius 2 is 0.771 bits per heavy atom. The van der Waals surface area contributed by atoms with Gasteiger partial charge in [0.05, 0.1) is 0 Å². The lowest BCUT2D eigenvalue weighted by Gasteiger charge is -2.01. The molecule has 0 bridgehead atoms. The van der Waals surface area contributed by atoms with E-state index in [4.69, 9.17) is 0 Å². The number of hydrogen-bond acceptors (Lipinski definition) is 4. The molecule has 0 aliphatic heterocycles. The van der Waals surface area contributed by atoms with Crippen LogP contribution < -0.4 is 0 Å². The van der Waals surface area contributed by atoms with Crippen LogP contribution in [0.4, 0.5) is 0 Å². The summed E-state index contributed by atoms with van der Waals surface area (Å²) < 4.78 is 0. The zero-order chi connectivity index (χ0) is 27.7. The molecule has 0 saturated heterocycles. The molecule has 0 spiro atoms. The topological polar surface area (TPSA) is 68.3 Å². The highest BCUT2D eigenvalue weighted by Gasteiger charge is 1.97. The van der Waals surface area contributed by atoms with Crippen molar-refractivity contribution in [3.05, 3.63) is 0 Å². The third kappa shape index (κ3) is 71.9. The van der Waals surface area contributed by atoms with Crippen molar-refractivity contribution in [2.45, 2.75) is 155 Å². The summed E-state index contributed by atoms with van der Waals surface area (Å²) in [4.78, 5) is 41.5. The van der Waals surface area contributed by atoms with Gasteiger partial charge in [0, 0.05) is 25.7 Å². The second kappa shape index (κ2) is 30.7. The summed E-state index contributed by atoms with van der Waals surface area (Å²) in [6.07, 6.45) is 9.82. The van der Waals surface area contributed by atoms with Gasteiger partial charge in [-0.2, -0.15) is 0 Å². The highest BCUT2D eigenvalue weighted by atomic mass is 16.1. The molecular formula is C31H64O4. The fourth-order valence-corrected chi connectivity index (χ4v) is 2.75. The van der Waals surface area contributed by atoms with Crippen LogP contribution in [-0.4, -0.2) is 23.1 Å². The first-order valence-electron chi connectivity index (χ1n) is 13.5. The summed E-state index contributed by atoms with van der Waals surface area (Å²) in [5.74, 6) is 3.95. The lowest BCUT2D eigenvalue weighted by atomic mass is 10.0. The smallest absolute Gasteiger partial charge is 0.130 e. The highest BCUT2D eigenvalue weighted by molar-refractivity contribution is 5.76. The van der Waals surface area contributed by atoms with E-state index in [0.29, 0.717) is 29.2 Å². The molecule has 0 aromatic rings. The Morgan fingerprint density at radius 3 is 1.00 bits per heavy atom. The first-order chi connectivity index (χ1) is 15.5. The third-order valence-corrected chi connectivity index (χ3v) is 4.64. The first-order valence-corrected chi connectivity index (χ1v) is 13.5. The Bertz CT molecular complexity index is 502. The summed E-state index contributed by atoms with van der Waals surface area (Å²) in [5, 5.41) is 0. The summed E-state index contributed by atoms with van der Waals surface area (Å²) in [5.41, 5.74) is 0. The van der Waals surface area contributed by atoms with Crippen LogP contribution in [0.25, 0.3) is 0 Å². The molecule has 0 aliphatic carbocycles. The molecule has 0 aromatic heterocycles. The van der Waals surface area contributed by atoms with Crippen molar-refractivity contribution < 1.29 is 19.2 Å². The maximum atomic E-state index is 10.5. The van der Waals surface area contributed by atoms with Crippen LogP contribution in [0.15, 0.2) is 0 Å². The van der Waals surface area contributed by atoms with Crippen LogP contribution in [0.3, 0.4) is 0 Å². The fourth-order valence-electron chi connectivity index (χ4n) is 2.75. The molecule has 0 aromatic carbocycles. The minimum absolute atomic E-state index is 0. The maximum Gasteiger partial charge on any atom is 0.130 e. The predicted molar refractivity (Wildman–Crippen MR) is 155 cm³/mol. The molecule has 0 radical (unpaired) electrons. The number of unbranched alkanes of at least 4 members (excludes halogenated alkanes) is 1. The molecule has 0 rings (SSSR count). The van der Waals surface area contributed by atoms with Crippen LogP contribution in [0.2, 0.25) is 0 Å². The Balaban J connectivity index is -0.000000114. The molecule has 0 N–H and O–H groups in total. The van der Waals surface area contributed by atoms with Gasteiger partial charge in [0.25, 0.3) is 0 Å². The van der Waals surface area contributed by atoms with Crippen molar-refractivity contribution >= 4 is 23.1 Å². The van der Waals surface area contributed by atoms with Gasteiger partial charge in [-0.1, -0.05) is 82.1 Å². The van der Waals surface area contributed by atoms with Gasteiger partial charge in [-0.25, -0.2) is 0 Å². The van der Waals surface area contributed by atoms with Gasteiger partial charge in [-0.05, 0) is 70.6 Å². The molecule has 0 amide bonds. The molecule has 0 fully saturated rings. The summed E-state index contributed by atoms with van der Waals surface area (Å²) in [7, 11) is 0. The van der Waals surface area contributed by atoms with Crippen molar-refractivity contribution in [3.63, 3.8) is 0 Å². The molecule has 0 heterocycles. The van der Waals surface area contributed by atoms with E-state index in [1.807, 2.05) is 13.8 Å². The van der Waals surface area contributed by atoms with Gasteiger partial charge in [0.2, 0.25) is 0 Å². The van der Waals surface area contributed by atoms with Crippen LogP contribution >= 0.6 is 0 Å². The monoisotopic (exact) mass is 500 g/mol.